The number of rotatable bonds is 2. The van der Waals surface area contributed by atoms with E-state index in [9.17, 15) is 9.59 Å². The first-order valence-corrected chi connectivity index (χ1v) is 6.02. The fourth-order valence-corrected chi connectivity index (χ4v) is 1.78. The first kappa shape index (κ1) is 13.8. The molecule has 0 radical (unpaired) electrons. The summed E-state index contributed by atoms with van der Waals surface area (Å²) in [6, 6.07) is 1.16. The van der Waals surface area contributed by atoms with Crippen LogP contribution in [-0.4, -0.2) is 29.2 Å². The Bertz CT molecular complexity index is 563. The summed E-state index contributed by atoms with van der Waals surface area (Å²) in [5.41, 5.74) is 4.10. The molecular weight excluding hydrogens is 247 g/mol. The number of nitrogens with one attached hydrogen (secondary N) is 1. The zero-order chi connectivity index (χ0) is 14.4. The van der Waals surface area contributed by atoms with Crippen molar-refractivity contribution in [1.29, 1.82) is 0 Å². The number of aromatic amines is 1. The summed E-state index contributed by atoms with van der Waals surface area (Å²) in [6.45, 7) is 7.61. The third kappa shape index (κ3) is 2.31. The van der Waals surface area contributed by atoms with Crippen LogP contribution in [0.15, 0.2) is 17.1 Å². The monoisotopic (exact) mass is 264 g/mol. The number of hydrogen-bond acceptors (Lipinski definition) is 4. The Labute approximate surface area is 111 Å². The molecule has 2 rings (SSSR count). The molecule has 1 aliphatic heterocycles. The van der Waals surface area contributed by atoms with Gasteiger partial charge in [0, 0.05) is 17.7 Å². The zero-order valence-corrected chi connectivity index (χ0v) is 11.4. The Kier molecular flexibility index (Phi) is 3.06. The fourth-order valence-electron chi connectivity index (χ4n) is 1.78. The molecule has 0 bridgehead atoms. The van der Waals surface area contributed by atoms with Crippen molar-refractivity contribution < 1.29 is 14.1 Å². The van der Waals surface area contributed by atoms with Crippen LogP contribution >= 0.6 is 0 Å². The zero-order valence-electron chi connectivity index (χ0n) is 11.4. The van der Waals surface area contributed by atoms with Crippen molar-refractivity contribution in [1.82, 2.24) is 4.98 Å². The first-order valence-electron chi connectivity index (χ1n) is 6.02. The highest BCUT2D eigenvalue weighted by atomic mass is 16.7. The molecule has 7 heteroatoms. The highest BCUT2D eigenvalue weighted by molar-refractivity contribution is 6.61. The highest BCUT2D eigenvalue weighted by Crippen LogP contribution is 2.36. The van der Waals surface area contributed by atoms with E-state index < -0.39 is 24.2 Å². The Balaban J connectivity index is 2.36. The van der Waals surface area contributed by atoms with Crippen LogP contribution in [0, 0.1) is 0 Å². The van der Waals surface area contributed by atoms with Gasteiger partial charge in [0.1, 0.15) is 5.69 Å². The molecule has 2 heterocycles. The van der Waals surface area contributed by atoms with Gasteiger partial charge >= 0.3 is 7.12 Å². The normalized spacial score (nSPS) is 20.5. The van der Waals surface area contributed by atoms with Crippen molar-refractivity contribution in [2.24, 2.45) is 5.73 Å². The number of amides is 1. The molecule has 0 spiro atoms. The van der Waals surface area contributed by atoms with E-state index in [-0.39, 0.29) is 11.1 Å². The molecule has 0 saturated carbocycles. The minimum absolute atomic E-state index is 0.0604. The molecule has 102 valence electrons. The SMILES string of the molecule is CC1(C)OB(c2c[nH]c(C(N)=O)cc2=O)OC1(C)C. The van der Waals surface area contributed by atoms with Crippen molar-refractivity contribution in [3.05, 3.63) is 28.2 Å². The van der Waals surface area contributed by atoms with Gasteiger partial charge in [-0.05, 0) is 27.7 Å². The van der Waals surface area contributed by atoms with Crippen LogP contribution in [0.2, 0.25) is 0 Å². The Hall–Kier alpha value is -1.60. The largest absolute Gasteiger partial charge is 0.500 e. The summed E-state index contributed by atoms with van der Waals surface area (Å²) in [5, 5.41) is 0. The lowest BCUT2D eigenvalue weighted by Gasteiger charge is -2.32. The van der Waals surface area contributed by atoms with Crippen LogP contribution in [0.1, 0.15) is 38.2 Å². The van der Waals surface area contributed by atoms with Gasteiger partial charge in [-0.2, -0.15) is 0 Å². The summed E-state index contributed by atoms with van der Waals surface area (Å²) in [6.07, 6.45) is 1.41. The number of nitrogens with two attached hydrogens (primary N) is 1. The van der Waals surface area contributed by atoms with E-state index >= 15 is 0 Å². The Morgan fingerprint density at radius 1 is 1.26 bits per heavy atom. The molecule has 0 unspecified atom stereocenters. The van der Waals surface area contributed by atoms with E-state index in [0.29, 0.717) is 5.46 Å². The van der Waals surface area contributed by atoms with E-state index in [1.165, 1.54) is 6.20 Å². The molecule has 19 heavy (non-hydrogen) atoms. The smallest absolute Gasteiger partial charge is 0.399 e. The lowest BCUT2D eigenvalue weighted by molar-refractivity contribution is 0.00578. The number of hydrogen-bond donors (Lipinski definition) is 2. The number of carbonyl (C=O) groups is 1. The maximum atomic E-state index is 12.0. The maximum Gasteiger partial charge on any atom is 0.500 e. The summed E-state index contributed by atoms with van der Waals surface area (Å²) in [7, 11) is -0.754. The molecule has 3 N–H and O–H groups in total. The van der Waals surface area contributed by atoms with Gasteiger partial charge in [-0.25, -0.2) is 0 Å². The Morgan fingerprint density at radius 2 is 1.79 bits per heavy atom. The van der Waals surface area contributed by atoms with Crippen LogP contribution in [0.4, 0.5) is 0 Å². The van der Waals surface area contributed by atoms with E-state index in [4.69, 9.17) is 15.0 Å². The fraction of sp³-hybridized carbons (Fsp3) is 0.500. The molecule has 1 saturated heterocycles. The van der Waals surface area contributed by atoms with Gasteiger partial charge in [-0.3, -0.25) is 9.59 Å². The number of primary amides is 1. The third-order valence-electron chi connectivity index (χ3n) is 3.72. The summed E-state index contributed by atoms with van der Waals surface area (Å²) in [4.78, 5) is 25.6. The molecule has 1 fully saturated rings. The third-order valence-corrected chi connectivity index (χ3v) is 3.72. The van der Waals surface area contributed by atoms with Crippen LogP contribution < -0.4 is 16.6 Å². The molecule has 1 aromatic rings. The lowest BCUT2D eigenvalue weighted by atomic mass is 9.80. The van der Waals surface area contributed by atoms with Crippen molar-refractivity contribution in [3.8, 4) is 0 Å². The van der Waals surface area contributed by atoms with Crippen LogP contribution in [-0.2, 0) is 9.31 Å². The molecule has 0 aliphatic carbocycles. The molecule has 1 amide bonds. The number of pyridine rings is 1. The highest BCUT2D eigenvalue weighted by Gasteiger charge is 2.52. The second kappa shape index (κ2) is 4.21. The molecule has 0 atom stereocenters. The average Bonchev–Trinajstić information content (AvgIpc) is 2.47. The molecule has 1 aliphatic rings. The minimum atomic E-state index is -0.754. The van der Waals surface area contributed by atoms with Crippen LogP contribution in [0.3, 0.4) is 0 Å². The van der Waals surface area contributed by atoms with Crippen LogP contribution in [0.25, 0.3) is 0 Å². The lowest BCUT2D eigenvalue weighted by Crippen LogP contribution is -2.44. The Morgan fingerprint density at radius 3 is 2.21 bits per heavy atom. The van der Waals surface area contributed by atoms with Gasteiger partial charge in [0.15, 0.2) is 5.43 Å². The van der Waals surface area contributed by atoms with Gasteiger partial charge < -0.3 is 20.0 Å². The van der Waals surface area contributed by atoms with Gasteiger partial charge in [0.2, 0.25) is 0 Å². The van der Waals surface area contributed by atoms with Crippen molar-refractivity contribution >= 4 is 18.5 Å². The second-order valence-corrected chi connectivity index (χ2v) is 5.62. The molecule has 6 nitrogen and oxygen atoms in total. The van der Waals surface area contributed by atoms with E-state index in [1.807, 2.05) is 27.7 Å². The molecule has 0 aromatic carbocycles. The standard InChI is InChI=1S/C12H17BN2O4/c1-11(2)12(3,4)19-13(18-11)7-6-15-8(10(14)17)5-9(7)16/h5-6H,1-4H3,(H2,14,17)(H,15,16). The molecular formula is C12H17BN2O4. The predicted molar refractivity (Wildman–Crippen MR) is 71.3 cm³/mol. The van der Waals surface area contributed by atoms with Crippen LogP contribution in [0.5, 0.6) is 0 Å². The van der Waals surface area contributed by atoms with Crippen molar-refractivity contribution in [2.45, 2.75) is 38.9 Å². The number of H-pyrrole nitrogens is 1. The average molecular weight is 264 g/mol. The van der Waals surface area contributed by atoms with E-state index in [2.05, 4.69) is 4.98 Å². The van der Waals surface area contributed by atoms with Crippen molar-refractivity contribution in [3.63, 3.8) is 0 Å². The maximum absolute atomic E-state index is 12.0. The summed E-state index contributed by atoms with van der Waals surface area (Å²) >= 11 is 0. The minimum Gasteiger partial charge on any atom is -0.399 e. The number of carbonyl (C=O) groups excluding carboxylic acids is 1. The van der Waals surface area contributed by atoms with Gasteiger partial charge in [0.25, 0.3) is 5.91 Å². The van der Waals surface area contributed by atoms with Gasteiger partial charge in [-0.15, -0.1) is 0 Å². The first-order chi connectivity index (χ1) is 8.64. The van der Waals surface area contributed by atoms with Gasteiger partial charge in [-0.1, -0.05) is 0 Å². The molecule has 1 aromatic heterocycles. The topological polar surface area (TPSA) is 94.4 Å². The predicted octanol–water partition coefficient (Wildman–Crippen LogP) is -0.227. The van der Waals surface area contributed by atoms with Gasteiger partial charge in [0.05, 0.1) is 11.2 Å². The second-order valence-electron chi connectivity index (χ2n) is 5.62. The quantitative estimate of drug-likeness (QED) is 0.721. The van der Waals surface area contributed by atoms with E-state index in [1.54, 1.807) is 0 Å². The number of aromatic nitrogens is 1. The van der Waals surface area contributed by atoms with Crippen molar-refractivity contribution in [2.75, 3.05) is 0 Å². The summed E-state index contributed by atoms with van der Waals surface area (Å²) < 4.78 is 11.5. The summed E-state index contributed by atoms with van der Waals surface area (Å²) in [5.74, 6) is -0.683. The van der Waals surface area contributed by atoms with E-state index in [0.717, 1.165) is 6.07 Å².